The molecule has 0 bridgehead atoms. The van der Waals surface area contributed by atoms with Gasteiger partial charge in [-0.2, -0.15) is 0 Å². The second-order valence-corrected chi connectivity index (χ2v) is 4.98. The van der Waals surface area contributed by atoms with E-state index in [9.17, 15) is 4.79 Å². The minimum atomic E-state index is -0.0696. The first-order chi connectivity index (χ1) is 9.69. The first-order valence-electron chi connectivity index (χ1n) is 6.71. The molecule has 0 atom stereocenters. The van der Waals surface area contributed by atoms with E-state index in [2.05, 4.69) is 15.3 Å². The van der Waals surface area contributed by atoms with Crippen molar-refractivity contribution in [3.8, 4) is 17.1 Å². The summed E-state index contributed by atoms with van der Waals surface area (Å²) < 4.78 is 5.38. The van der Waals surface area contributed by atoms with Crippen LogP contribution in [-0.4, -0.2) is 23.6 Å². The smallest absolute Gasteiger partial charge is 0.256 e. The van der Waals surface area contributed by atoms with Crippen molar-refractivity contribution in [2.24, 2.45) is 0 Å². The molecule has 0 saturated carbocycles. The molecule has 1 aliphatic heterocycles. The lowest BCUT2D eigenvalue weighted by molar-refractivity contribution is 0.416. The highest BCUT2D eigenvalue weighted by Gasteiger charge is 2.17. The highest BCUT2D eigenvalue weighted by molar-refractivity contribution is 5.66. The van der Waals surface area contributed by atoms with Gasteiger partial charge in [0.15, 0.2) is 0 Å². The van der Waals surface area contributed by atoms with Crippen LogP contribution in [0.2, 0.25) is 0 Å². The van der Waals surface area contributed by atoms with E-state index in [1.165, 1.54) is 0 Å². The lowest BCUT2D eigenvalue weighted by atomic mass is 10.1. The predicted octanol–water partition coefficient (Wildman–Crippen LogP) is 2.11. The molecule has 0 unspecified atom stereocenters. The zero-order valence-corrected chi connectivity index (χ0v) is 11.6. The molecule has 0 spiro atoms. The van der Waals surface area contributed by atoms with E-state index in [0.29, 0.717) is 17.4 Å². The first kappa shape index (κ1) is 12.7. The van der Waals surface area contributed by atoms with Crippen LogP contribution in [0.1, 0.15) is 17.5 Å². The molecule has 20 heavy (non-hydrogen) atoms. The van der Waals surface area contributed by atoms with E-state index in [1.807, 2.05) is 25.1 Å². The number of anilines is 1. The largest absolute Gasteiger partial charge is 0.496 e. The SMILES string of the molecule is COc1cc(C)ccc1-c1nc2c(c(=O)[nH]1)CCCN2. The molecule has 1 aromatic heterocycles. The van der Waals surface area contributed by atoms with E-state index >= 15 is 0 Å². The zero-order chi connectivity index (χ0) is 14.1. The Hall–Kier alpha value is -2.30. The molecule has 5 heteroatoms. The molecule has 104 valence electrons. The average molecular weight is 271 g/mol. The van der Waals surface area contributed by atoms with Crippen LogP contribution in [-0.2, 0) is 6.42 Å². The standard InChI is InChI=1S/C15H17N3O2/c1-9-5-6-10(12(8-9)20-2)14-17-13-11(15(19)18-14)4-3-7-16-13/h5-6,8H,3-4,7H2,1-2H3,(H2,16,17,18,19). The third kappa shape index (κ3) is 2.15. The second kappa shape index (κ2) is 5.00. The van der Waals surface area contributed by atoms with Crippen LogP contribution in [0.15, 0.2) is 23.0 Å². The number of benzene rings is 1. The number of ether oxygens (including phenoxy) is 1. The summed E-state index contributed by atoms with van der Waals surface area (Å²) in [5.74, 6) is 1.95. The highest BCUT2D eigenvalue weighted by Crippen LogP contribution is 2.29. The van der Waals surface area contributed by atoms with Crippen LogP contribution in [0.4, 0.5) is 5.82 Å². The van der Waals surface area contributed by atoms with E-state index < -0.39 is 0 Å². The minimum Gasteiger partial charge on any atom is -0.496 e. The molecule has 1 aromatic carbocycles. The molecular formula is C15H17N3O2. The number of fused-ring (bicyclic) bond motifs is 1. The van der Waals surface area contributed by atoms with Crippen molar-refractivity contribution in [1.82, 2.24) is 9.97 Å². The Morgan fingerprint density at radius 1 is 1.35 bits per heavy atom. The molecule has 2 heterocycles. The fourth-order valence-corrected chi connectivity index (χ4v) is 2.47. The number of nitrogens with one attached hydrogen (secondary N) is 2. The van der Waals surface area contributed by atoms with Gasteiger partial charge in [0, 0.05) is 6.54 Å². The van der Waals surface area contributed by atoms with Crippen LogP contribution in [0.3, 0.4) is 0 Å². The van der Waals surface area contributed by atoms with E-state index in [1.54, 1.807) is 7.11 Å². The van der Waals surface area contributed by atoms with Gasteiger partial charge in [-0.25, -0.2) is 4.98 Å². The topological polar surface area (TPSA) is 67.0 Å². The van der Waals surface area contributed by atoms with Gasteiger partial charge in [0.05, 0.1) is 18.2 Å². The van der Waals surface area contributed by atoms with E-state index in [-0.39, 0.29) is 5.56 Å². The number of hydrogen-bond acceptors (Lipinski definition) is 4. The summed E-state index contributed by atoms with van der Waals surface area (Å²) in [5.41, 5.74) is 2.57. The van der Waals surface area contributed by atoms with Gasteiger partial charge in [-0.3, -0.25) is 4.79 Å². The normalized spacial score (nSPS) is 13.5. The van der Waals surface area contributed by atoms with Crippen molar-refractivity contribution < 1.29 is 4.74 Å². The molecule has 2 N–H and O–H groups in total. The highest BCUT2D eigenvalue weighted by atomic mass is 16.5. The molecule has 5 nitrogen and oxygen atoms in total. The third-order valence-corrected chi connectivity index (χ3v) is 3.52. The van der Waals surface area contributed by atoms with Crippen molar-refractivity contribution in [3.05, 3.63) is 39.7 Å². The number of rotatable bonds is 2. The van der Waals surface area contributed by atoms with Gasteiger partial charge in [-0.15, -0.1) is 0 Å². The number of hydrogen-bond donors (Lipinski definition) is 2. The average Bonchev–Trinajstić information content (AvgIpc) is 2.47. The van der Waals surface area contributed by atoms with Crippen molar-refractivity contribution >= 4 is 5.82 Å². The monoisotopic (exact) mass is 271 g/mol. The Morgan fingerprint density at radius 3 is 3.00 bits per heavy atom. The molecule has 0 radical (unpaired) electrons. The summed E-state index contributed by atoms with van der Waals surface area (Å²) in [6.07, 6.45) is 1.74. The van der Waals surface area contributed by atoms with Crippen molar-refractivity contribution in [2.45, 2.75) is 19.8 Å². The number of aryl methyl sites for hydroxylation is 1. The number of aromatic amines is 1. The van der Waals surface area contributed by atoms with Crippen molar-refractivity contribution in [2.75, 3.05) is 19.0 Å². The van der Waals surface area contributed by atoms with Gasteiger partial charge in [-0.1, -0.05) is 6.07 Å². The van der Waals surface area contributed by atoms with E-state index in [4.69, 9.17) is 4.74 Å². The Kier molecular flexibility index (Phi) is 3.18. The molecule has 0 fully saturated rings. The van der Waals surface area contributed by atoms with Crippen LogP contribution in [0, 0.1) is 6.92 Å². The van der Waals surface area contributed by atoms with Gasteiger partial charge in [0.2, 0.25) is 0 Å². The molecule has 0 aliphatic carbocycles. The maximum atomic E-state index is 12.1. The second-order valence-electron chi connectivity index (χ2n) is 4.98. The maximum Gasteiger partial charge on any atom is 0.256 e. The Labute approximate surface area is 117 Å². The molecule has 2 aromatic rings. The summed E-state index contributed by atoms with van der Waals surface area (Å²) in [4.78, 5) is 19.5. The number of methoxy groups -OCH3 is 1. The van der Waals surface area contributed by atoms with Crippen LogP contribution in [0.5, 0.6) is 5.75 Å². The predicted molar refractivity (Wildman–Crippen MR) is 78.4 cm³/mol. The molecule has 0 amide bonds. The summed E-state index contributed by atoms with van der Waals surface area (Å²) >= 11 is 0. The Bertz CT molecular complexity index is 707. The van der Waals surface area contributed by atoms with Gasteiger partial charge >= 0.3 is 0 Å². The van der Waals surface area contributed by atoms with Gasteiger partial charge in [0.1, 0.15) is 17.4 Å². The number of nitrogens with zero attached hydrogens (tertiary/aromatic N) is 1. The number of H-pyrrole nitrogens is 1. The molecule has 0 saturated heterocycles. The maximum absolute atomic E-state index is 12.1. The quantitative estimate of drug-likeness (QED) is 0.878. The Balaban J connectivity index is 2.16. The molecular weight excluding hydrogens is 254 g/mol. The van der Waals surface area contributed by atoms with Crippen LogP contribution >= 0.6 is 0 Å². The summed E-state index contributed by atoms with van der Waals surface area (Å²) in [6, 6.07) is 5.83. The van der Waals surface area contributed by atoms with Crippen molar-refractivity contribution in [1.29, 1.82) is 0 Å². The van der Waals surface area contributed by atoms with Crippen LogP contribution in [0.25, 0.3) is 11.4 Å². The summed E-state index contributed by atoms with van der Waals surface area (Å²) in [7, 11) is 1.62. The van der Waals surface area contributed by atoms with E-state index in [0.717, 1.165) is 36.1 Å². The van der Waals surface area contributed by atoms with Crippen molar-refractivity contribution in [3.63, 3.8) is 0 Å². The third-order valence-electron chi connectivity index (χ3n) is 3.52. The molecule has 3 rings (SSSR count). The Morgan fingerprint density at radius 2 is 2.20 bits per heavy atom. The lowest BCUT2D eigenvalue weighted by Gasteiger charge is -2.17. The molecule has 1 aliphatic rings. The minimum absolute atomic E-state index is 0.0696. The summed E-state index contributed by atoms with van der Waals surface area (Å²) in [6.45, 7) is 2.85. The zero-order valence-electron chi connectivity index (χ0n) is 11.6. The first-order valence-corrected chi connectivity index (χ1v) is 6.71. The number of aromatic nitrogens is 2. The van der Waals surface area contributed by atoms with Gasteiger partial charge < -0.3 is 15.0 Å². The summed E-state index contributed by atoms with van der Waals surface area (Å²) in [5, 5.41) is 3.19. The van der Waals surface area contributed by atoms with Gasteiger partial charge in [0.25, 0.3) is 5.56 Å². The van der Waals surface area contributed by atoms with Crippen LogP contribution < -0.4 is 15.6 Å². The van der Waals surface area contributed by atoms with Gasteiger partial charge in [-0.05, 0) is 37.5 Å². The fraction of sp³-hybridized carbons (Fsp3) is 0.333. The fourth-order valence-electron chi connectivity index (χ4n) is 2.47. The lowest BCUT2D eigenvalue weighted by Crippen LogP contribution is -2.24.